The van der Waals surface area contributed by atoms with Crippen molar-refractivity contribution in [2.24, 2.45) is 0 Å². The van der Waals surface area contributed by atoms with Crippen LogP contribution in [0.15, 0.2) is 54.6 Å². The molecule has 1 saturated heterocycles. The number of carbonyl (C=O) groups is 1. The van der Waals surface area contributed by atoms with Gasteiger partial charge in [0.2, 0.25) is 0 Å². The van der Waals surface area contributed by atoms with Crippen molar-refractivity contribution in [1.29, 1.82) is 0 Å². The second-order valence-corrected chi connectivity index (χ2v) is 11.2. The largest absolute Gasteiger partial charge is 0.455 e. The number of hydrogen-bond acceptors (Lipinski definition) is 4. The molecule has 1 aliphatic heterocycles. The Morgan fingerprint density at radius 2 is 1.78 bits per heavy atom. The molecular weight excluding hydrogens is 474 g/mol. The Hall–Kier alpha value is -1.30. The number of halogens is 2. The number of nitrogens with one attached hydrogen (secondary N) is 3. The summed E-state index contributed by atoms with van der Waals surface area (Å²) < 4.78 is 7.54. The number of amides is 1. The number of hydrogen-bond donors (Lipinski definition) is 3. The fourth-order valence-corrected chi connectivity index (χ4v) is 3.93. The van der Waals surface area contributed by atoms with Crippen molar-refractivity contribution in [2.45, 2.75) is 13.0 Å². The van der Waals surface area contributed by atoms with Crippen molar-refractivity contribution >= 4 is 35.6 Å². The molecule has 1 heterocycles. The summed E-state index contributed by atoms with van der Waals surface area (Å²) in [5.41, 5.74) is 1.54. The number of para-hydroxylation sites is 2. The van der Waals surface area contributed by atoms with Gasteiger partial charge in [0, 0.05) is 0 Å². The van der Waals surface area contributed by atoms with E-state index in [0.29, 0.717) is 5.75 Å². The molecule has 1 atom stereocenters. The topological polar surface area (TPSA) is 62.4 Å². The molecule has 0 aromatic heterocycles. The van der Waals surface area contributed by atoms with Crippen molar-refractivity contribution < 1.29 is 23.0 Å². The molecule has 3 rings (SSSR count). The molecule has 27 heavy (non-hydrogen) atoms. The summed E-state index contributed by atoms with van der Waals surface area (Å²) in [7, 11) is 11.8. The number of benzene rings is 2. The second-order valence-electron chi connectivity index (χ2n) is 5.51. The van der Waals surface area contributed by atoms with Crippen LogP contribution in [0.3, 0.4) is 0 Å². The summed E-state index contributed by atoms with van der Waals surface area (Å²) >= 11 is -1.95. The van der Waals surface area contributed by atoms with Gasteiger partial charge in [0.15, 0.2) is 0 Å². The van der Waals surface area contributed by atoms with Gasteiger partial charge in [-0.15, -0.1) is 0 Å². The minimum absolute atomic E-state index is 0.216. The van der Waals surface area contributed by atoms with Crippen LogP contribution in [-0.4, -0.2) is 29.7 Å². The van der Waals surface area contributed by atoms with E-state index in [1.807, 2.05) is 55.2 Å². The first-order chi connectivity index (χ1) is 13.1. The first-order valence-corrected chi connectivity index (χ1v) is 13.8. The van der Waals surface area contributed by atoms with Gasteiger partial charge in [-0.3, -0.25) is 0 Å². The standard InChI is InChI=1S/C16H15NO2.C3H7N2.2ClH.Ru/c1-12-8-6-7-11-15(12)19-13(2)16(18)17-14-9-4-3-5-10-14;1-2-5-3-4-1;;;/h1,3-11,13H,2H3,(H,17,18);3-5H,1-2H2;2*1H;/q;-1;;;+2/p-2. The van der Waals surface area contributed by atoms with E-state index in [2.05, 4.69) is 16.0 Å². The third-order valence-electron chi connectivity index (χ3n) is 3.44. The van der Waals surface area contributed by atoms with Crippen LogP contribution < -0.4 is 20.7 Å². The molecule has 0 saturated carbocycles. The second kappa shape index (κ2) is 12.2. The molecule has 1 unspecified atom stereocenters. The van der Waals surface area contributed by atoms with Crippen LogP contribution in [0.5, 0.6) is 5.75 Å². The molecular formula is C19H22Cl2N3O2Ru-. The predicted molar refractivity (Wildman–Crippen MR) is 109 cm³/mol. The van der Waals surface area contributed by atoms with E-state index < -0.39 is 19.6 Å². The molecule has 2 aromatic carbocycles. The molecule has 0 bridgehead atoms. The third-order valence-corrected chi connectivity index (χ3v) is 5.27. The van der Waals surface area contributed by atoms with E-state index in [0.717, 1.165) is 24.3 Å². The Morgan fingerprint density at radius 3 is 2.37 bits per heavy atom. The van der Waals surface area contributed by atoms with Crippen LogP contribution in [0.25, 0.3) is 0 Å². The number of carbonyl (C=O) groups excluding carboxylic acids is 1. The van der Waals surface area contributed by atoms with Crippen LogP contribution in [0.4, 0.5) is 5.69 Å². The molecule has 2 aromatic rings. The van der Waals surface area contributed by atoms with Gasteiger partial charge in [0.25, 0.3) is 0 Å². The van der Waals surface area contributed by atoms with E-state index in [4.69, 9.17) is 24.1 Å². The molecule has 0 spiro atoms. The summed E-state index contributed by atoms with van der Waals surface area (Å²) in [6.45, 7) is 5.73. The van der Waals surface area contributed by atoms with Gasteiger partial charge in [-0.1, -0.05) is 0 Å². The van der Waals surface area contributed by atoms with Gasteiger partial charge in [-0.25, -0.2) is 6.67 Å². The SMILES string of the molecule is CC(Oc1ccccc1[CH]=[Ru]([Cl])[Cl])C(=O)Nc1ccccc1.[CH-]1NCCN1. The average molecular weight is 496 g/mol. The van der Waals surface area contributed by atoms with Gasteiger partial charge in [-0.05, 0) is 13.1 Å². The molecule has 5 nitrogen and oxygen atoms in total. The van der Waals surface area contributed by atoms with E-state index in [1.165, 1.54) is 0 Å². The van der Waals surface area contributed by atoms with Crippen LogP contribution in [0, 0.1) is 6.67 Å². The van der Waals surface area contributed by atoms with E-state index in [-0.39, 0.29) is 5.91 Å². The van der Waals surface area contributed by atoms with E-state index in [9.17, 15) is 4.79 Å². The molecule has 1 fully saturated rings. The van der Waals surface area contributed by atoms with Gasteiger partial charge in [0.1, 0.15) is 0 Å². The average Bonchev–Trinajstić information content (AvgIpc) is 3.24. The van der Waals surface area contributed by atoms with E-state index >= 15 is 0 Å². The maximum Gasteiger partial charge on any atom is -0.0211 e. The molecule has 8 heteroatoms. The van der Waals surface area contributed by atoms with Crippen LogP contribution >= 0.6 is 19.4 Å². The van der Waals surface area contributed by atoms with Crippen LogP contribution in [-0.2, 0) is 18.3 Å². The fraction of sp³-hybridized carbons (Fsp3) is 0.211. The van der Waals surface area contributed by atoms with Gasteiger partial charge in [0.05, 0.1) is 0 Å². The molecule has 1 aliphatic rings. The zero-order valence-corrected chi connectivity index (χ0v) is 18.0. The Morgan fingerprint density at radius 1 is 1.15 bits per heavy atom. The summed E-state index contributed by atoms with van der Waals surface area (Å²) in [6, 6.07) is 16.6. The third kappa shape index (κ3) is 8.50. The zero-order valence-electron chi connectivity index (χ0n) is 14.8. The number of anilines is 1. The fourth-order valence-electron chi connectivity index (χ4n) is 2.13. The Labute approximate surface area is 172 Å². The monoisotopic (exact) mass is 496 g/mol. The van der Waals surface area contributed by atoms with Gasteiger partial charge >= 0.3 is 143 Å². The maximum absolute atomic E-state index is 12.2. The zero-order chi connectivity index (χ0) is 19.5. The Bertz CT molecular complexity index is 744. The summed E-state index contributed by atoms with van der Waals surface area (Å²) in [5, 5.41) is 8.78. The number of rotatable bonds is 5. The van der Waals surface area contributed by atoms with Crippen molar-refractivity contribution in [3.8, 4) is 5.75 Å². The molecule has 0 radical (unpaired) electrons. The minimum Gasteiger partial charge on any atom is -0.455 e. The summed E-state index contributed by atoms with van der Waals surface area (Å²) in [6.07, 6.45) is -0.638. The Kier molecular flexibility index (Phi) is 9.95. The smallest absolute Gasteiger partial charge is 0.0211 e. The van der Waals surface area contributed by atoms with Crippen molar-refractivity contribution in [1.82, 2.24) is 10.6 Å². The van der Waals surface area contributed by atoms with Crippen molar-refractivity contribution in [2.75, 3.05) is 18.4 Å². The summed E-state index contributed by atoms with van der Waals surface area (Å²) in [4.78, 5) is 12.2. The van der Waals surface area contributed by atoms with Crippen molar-refractivity contribution in [3.63, 3.8) is 0 Å². The molecule has 1 amide bonds. The van der Waals surface area contributed by atoms with Crippen LogP contribution in [0.1, 0.15) is 12.5 Å². The summed E-state index contributed by atoms with van der Waals surface area (Å²) in [5.74, 6) is 0.380. The minimum atomic E-state index is -1.95. The first kappa shape index (κ1) is 22.0. The maximum atomic E-state index is 12.2. The predicted octanol–water partition coefficient (Wildman–Crippen LogP) is 3.47. The number of ether oxygens (including phenoxy) is 1. The molecule has 0 aliphatic carbocycles. The van der Waals surface area contributed by atoms with E-state index in [1.54, 1.807) is 17.6 Å². The first-order valence-electron chi connectivity index (χ1n) is 8.29. The van der Waals surface area contributed by atoms with Crippen molar-refractivity contribution in [3.05, 3.63) is 66.8 Å². The molecule has 3 N–H and O–H groups in total. The van der Waals surface area contributed by atoms with Gasteiger partial charge in [-0.2, -0.15) is 0 Å². The van der Waals surface area contributed by atoms with Crippen LogP contribution in [0.2, 0.25) is 0 Å². The molecule has 148 valence electrons. The quantitative estimate of drug-likeness (QED) is 0.439. The normalized spacial score (nSPS) is 14.4. The Balaban J connectivity index is 0.000000451. The van der Waals surface area contributed by atoms with Gasteiger partial charge < -0.3 is 10.6 Å².